The smallest absolute Gasteiger partial charge is 0.254 e. The van der Waals surface area contributed by atoms with Crippen LogP contribution < -0.4 is 0 Å². The summed E-state index contributed by atoms with van der Waals surface area (Å²) in [4.78, 5) is 17.1. The van der Waals surface area contributed by atoms with E-state index < -0.39 is 0 Å². The highest BCUT2D eigenvalue weighted by molar-refractivity contribution is 6.30. The Morgan fingerprint density at radius 1 is 1.00 bits per heavy atom. The first-order valence-electron chi connectivity index (χ1n) is 11.6. The van der Waals surface area contributed by atoms with E-state index in [-0.39, 0.29) is 17.8 Å². The van der Waals surface area contributed by atoms with Gasteiger partial charge in [-0.1, -0.05) is 59.6 Å². The Bertz CT molecular complexity index is 1130. The first kappa shape index (κ1) is 24.4. The lowest BCUT2D eigenvalue weighted by molar-refractivity contribution is 0.00340. The molecule has 4 nitrogen and oxygen atoms in total. The minimum absolute atomic E-state index is 0.110. The van der Waals surface area contributed by atoms with Gasteiger partial charge in [-0.25, -0.2) is 4.39 Å². The average Bonchev–Trinajstić information content (AvgIpc) is 2.84. The summed E-state index contributed by atoms with van der Waals surface area (Å²) in [6.07, 6.45) is -0.120. The Kier molecular flexibility index (Phi) is 7.99. The summed E-state index contributed by atoms with van der Waals surface area (Å²) >= 11 is 6.10. The molecule has 1 aliphatic rings. The number of rotatable bonds is 7. The summed E-state index contributed by atoms with van der Waals surface area (Å²) < 4.78 is 20.1. The molecule has 0 radical (unpaired) electrons. The molecule has 0 bridgehead atoms. The fourth-order valence-electron chi connectivity index (χ4n) is 4.29. The van der Waals surface area contributed by atoms with Gasteiger partial charge in [-0.15, -0.1) is 0 Å². The Morgan fingerprint density at radius 3 is 2.44 bits per heavy atom. The van der Waals surface area contributed by atoms with E-state index >= 15 is 0 Å². The van der Waals surface area contributed by atoms with Crippen molar-refractivity contribution in [2.45, 2.75) is 26.6 Å². The van der Waals surface area contributed by atoms with Gasteiger partial charge in [-0.3, -0.25) is 9.69 Å². The quantitative estimate of drug-likeness (QED) is 0.427. The average molecular weight is 481 g/mol. The van der Waals surface area contributed by atoms with Crippen LogP contribution in [0.2, 0.25) is 5.02 Å². The number of hydrogen-bond donors (Lipinski definition) is 0. The van der Waals surface area contributed by atoms with E-state index in [1.54, 1.807) is 6.07 Å². The maximum atomic E-state index is 13.7. The van der Waals surface area contributed by atoms with E-state index in [1.165, 1.54) is 17.7 Å². The van der Waals surface area contributed by atoms with Gasteiger partial charge in [-0.2, -0.15) is 0 Å². The van der Waals surface area contributed by atoms with Gasteiger partial charge < -0.3 is 9.64 Å². The summed E-state index contributed by atoms with van der Waals surface area (Å²) in [7, 11) is 0. The number of amides is 1. The maximum absolute atomic E-state index is 13.7. The minimum Gasteiger partial charge on any atom is -0.368 e. The SMILES string of the molecule is Cc1cccc(COC(CN2CCN(C(=O)c3cc(F)ccc3C)CC2)c2ccc(Cl)cc2)c1. The molecule has 1 saturated heterocycles. The van der Waals surface area contributed by atoms with Gasteiger partial charge in [0.2, 0.25) is 0 Å². The standard InChI is InChI=1S/C28H30ClFN2O2/c1-20-4-3-5-22(16-20)19-34-27(23-7-9-24(29)10-8-23)18-31-12-14-32(15-13-31)28(33)26-17-25(30)11-6-21(26)2/h3-11,16-17,27H,12-15,18-19H2,1-2H3. The highest BCUT2D eigenvalue weighted by Gasteiger charge is 2.26. The number of halogens is 2. The van der Waals surface area contributed by atoms with Gasteiger partial charge in [0.1, 0.15) is 5.82 Å². The van der Waals surface area contributed by atoms with Crippen LogP contribution >= 0.6 is 11.6 Å². The summed E-state index contributed by atoms with van der Waals surface area (Å²) in [6.45, 7) is 7.81. The van der Waals surface area contributed by atoms with Crippen molar-refractivity contribution in [3.8, 4) is 0 Å². The Morgan fingerprint density at radius 2 is 1.74 bits per heavy atom. The molecule has 1 aliphatic heterocycles. The van der Waals surface area contributed by atoms with Crippen molar-refractivity contribution >= 4 is 17.5 Å². The third-order valence-electron chi connectivity index (χ3n) is 6.29. The zero-order valence-electron chi connectivity index (χ0n) is 19.6. The van der Waals surface area contributed by atoms with E-state index in [0.717, 1.165) is 29.8 Å². The van der Waals surface area contributed by atoms with E-state index in [1.807, 2.05) is 42.2 Å². The highest BCUT2D eigenvalue weighted by atomic mass is 35.5. The van der Waals surface area contributed by atoms with Crippen molar-refractivity contribution in [3.63, 3.8) is 0 Å². The van der Waals surface area contributed by atoms with Gasteiger partial charge in [0.05, 0.1) is 12.7 Å². The minimum atomic E-state index is -0.385. The molecule has 1 fully saturated rings. The first-order valence-corrected chi connectivity index (χ1v) is 12.0. The normalized spacial score (nSPS) is 15.4. The van der Waals surface area contributed by atoms with Gasteiger partial charge in [-0.05, 0) is 54.8 Å². The zero-order valence-corrected chi connectivity index (χ0v) is 20.4. The number of aryl methyl sites for hydroxylation is 2. The molecule has 1 unspecified atom stereocenters. The molecule has 4 rings (SSSR count). The third kappa shape index (κ3) is 6.23. The molecule has 0 aromatic heterocycles. The summed E-state index contributed by atoms with van der Waals surface area (Å²) in [6, 6.07) is 20.5. The molecule has 3 aromatic carbocycles. The van der Waals surface area contributed by atoms with Crippen molar-refractivity contribution in [1.29, 1.82) is 0 Å². The number of carbonyl (C=O) groups is 1. The number of nitrogens with zero attached hydrogens (tertiary/aromatic N) is 2. The molecule has 1 atom stereocenters. The number of carbonyl (C=O) groups excluding carboxylic acids is 1. The molecule has 0 aliphatic carbocycles. The van der Waals surface area contributed by atoms with Crippen LogP contribution in [0.25, 0.3) is 0 Å². The number of benzene rings is 3. The molecule has 1 amide bonds. The molecule has 3 aromatic rings. The van der Waals surface area contributed by atoms with Gasteiger partial charge >= 0.3 is 0 Å². The Hall–Kier alpha value is -2.73. The lowest BCUT2D eigenvalue weighted by Gasteiger charge is -2.36. The zero-order chi connectivity index (χ0) is 24.1. The fraction of sp³-hybridized carbons (Fsp3) is 0.321. The summed E-state index contributed by atoms with van der Waals surface area (Å²) in [5, 5.41) is 0.695. The van der Waals surface area contributed by atoms with Crippen molar-refractivity contribution in [2.24, 2.45) is 0 Å². The van der Waals surface area contributed by atoms with Crippen molar-refractivity contribution in [1.82, 2.24) is 9.80 Å². The topological polar surface area (TPSA) is 32.8 Å². The second kappa shape index (κ2) is 11.1. The molecule has 0 N–H and O–H groups in total. The first-order chi connectivity index (χ1) is 16.4. The van der Waals surface area contributed by atoms with Crippen LogP contribution in [0.5, 0.6) is 0 Å². The van der Waals surface area contributed by atoms with Crippen molar-refractivity contribution in [2.75, 3.05) is 32.7 Å². The second-order valence-electron chi connectivity index (χ2n) is 8.89. The van der Waals surface area contributed by atoms with Crippen molar-refractivity contribution in [3.05, 3.63) is 105 Å². The van der Waals surface area contributed by atoms with Crippen LogP contribution in [0.3, 0.4) is 0 Å². The van der Waals surface area contributed by atoms with Crippen LogP contribution in [0.4, 0.5) is 4.39 Å². The molecule has 1 heterocycles. The molecular formula is C28H30ClFN2O2. The Labute approximate surface area is 205 Å². The van der Waals surface area contributed by atoms with Crippen LogP contribution in [-0.2, 0) is 11.3 Å². The largest absolute Gasteiger partial charge is 0.368 e. The highest BCUT2D eigenvalue weighted by Crippen LogP contribution is 2.24. The lowest BCUT2D eigenvalue weighted by Crippen LogP contribution is -2.49. The predicted octanol–water partition coefficient (Wildman–Crippen LogP) is 5.81. The lowest BCUT2D eigenvalue weighted by atomic mass is 10.1. The van der Waals surface area contributed by atoms with Gasteiger partial charge in [0, 0.05) is 43.3 Å². The van der Waals surface area contributed by atoms with Crippen LogP contribution in [0, 0.1) is 19.7 Å². The maximum Gasteiger partial charge on any atom is 0.254 e. The van der Waals surface area contributed by atoms with Crippen LogP contribution in [0.15, 0.2) is 66.7 Å². The van der Waals surface area contributed by atoms with Crippen LogP contribution in [0.1, 0.15) is 38.7 Å². The Balaban J connectivity index is 1.40. The summed E-state index contributed by atoms with van der Waals surface area (Å²) in [5.74, 6) is -0.495. The molecule has 0 saturated carbocycles. The van der Waals surface area contributed by atoms with Gasteiger partial charge in [0.25, 0.3) is 5.91 Å². The molecule has 6 heteroatoms. The monoisotopic (exact) mass is 480 g/mol. The van der Waals surface area contributed by atoms with Crippen LogP contribution in [-0.4, -0.2) is 48.4 Å². The fourth-order valence-corrected chi connectivity index (χ4v) is 4.42. The molecule has 178 valence electrons. The van der Waals surface area contributed by atoms with Crippen molar-refractivity contribution < 1.29 is 13.9 Å². The third-order valence-corrected chi connectivity index (χ3v) is 6.54. The number of hydrogen-bond acceptors (Lipinski definition) is 3. The van der Waals surface area contributed by atoms with E-state index in [2.05, 4.69) is 30.0 Å². The molecule has 0 spiro atoms. The number of ether oxygens (including phenoxy) is 1. The summed E-state index contributed by atoms with van der Waals surface area (Å²) in [5.41, 5.74) is 4.65. The van der Waals surface area contributed by atoms with E-state index in [9.17, 15) is 9.18 Å². The van der Waals surface area contributed by atoms with E-state index in [4.69, 9.17) is 16.3 Å². The predicted molar refractivity (Wildman–Crippen MR) is 134 cm³/mol. The second-order valence-corrected chi connectivity index (χ2v) is 9.33. The van der Waals surface area contributed by atoms with Gasteiger partial charge in [0.15, 0.2) is 0 Å². The van der Waals surface area contributed by atoms with E-state index in [0.29, 0.717) is 36.8 Å². The molecular weight excluding hydrogens is 451 g/mol. The molecule has 34 heavy (non-hydrogen) atoms. The number of piperazine rings is 1.